The third-order valence-electron chi connectivity index (χ3n) is 1.72. The first-order chi connectivity index (χ1) is 6.04. The van der Waals surface area contributed by atoms with E-state index in [2.05, 4.69) is 0 Å². The minimum absolute atomic E-state index is 0.141. The molecule has 0 amide bonds. The molecule has 0 spiro atoms. The van der Waals surface area contributed by atoms with E-state index >= 15 is 0 Å². The molecule has 0 heterocycles. The molecule has 4 N–H and O–H groups in total. The van der Waals surface area contributed by atoms with Gasteiger partial charge in [0, 0.05) is 6.42 Å². The number of hydrogen-bond acceptors (Lipinski definition) is 3. The Morgan fingerprint density at radius 2 is 1.77 bits per heavy atom. The van der Waals surface area contributed by atoms with E-state index in [4.69, 9.17) is 15.9 Å². The van der Waals surface area contributed by atoms with E-state index in [1.165, 1.54) is 0 Å². The van der Waals surface area contributed by atoms with E-state index in [-0.39, 0.29) is 6.42 Å². The van der Waals surface area contributed by atoms with Crippen molar-refractivity contribution in [1.82, 2.24) is 0 Å². The molecular weight excluding hydrogens is 174 g/mol. The summed E-state index contributed by atoms with van der Waals surface area (Å²) >= 11 is 0. The Balaban J connectivity index is 3.26. The highest BCUT2D eigenvalue weighted by molar-refractivity contribution is 5.72. The van der Waals surface area contributed by atoms with Crippen molar-refractivity contribution in [2.24, 2.45) is 5.73 Å². The molecule has 0 rings (SSSR count). The predicted octanol–water partition coefficient (Wildman–Crippen LogP) is 0.433. The fourth-order valence-corrected chi connectivity index (χ4v) is 0.941. The van der Waals surface area contributed by atoms with Gasteiger partial charge in [0.2, 0.25) is 0 Å². The van der Waals surface area contributed by atoms with Gasteiger partial charge in [0.25, 0.3) is 0 Å². The first-order valence-corrected chi connectivity index (χ1v) is 4.24. The largest absolute Gasteiger partial charge is 0.481 e. The van der Waals surface area contributed by atoms with Crippen LogP contribution < -0.4 is 5.73 Å². The summed E-state index contributed by atoms with van der Waals surface area (Å²) in [5.41, 5.74) is 5.24. The summed E-state index contributed by atoms with van der Waals surface area (Å²) < 4.78 is 0. The van der Waals surface area contributed by atoms with E-state index in [1.807, 2.05) is 0 Å². The van der Waals surface area contributed by atoms with Crippen LogP contribution >= 0.6 is 0 Å². The highest BCUT2D eigenvalue weighted by Gasteiger charge is 2.09. The third-order valence-corrected chi connectivity index (χ3v) is 1.72. The zero-order valence-corrected chi connectivity index (χ0v) is 7.40. The van der Waals surface area contributed by atoms with E-state index in [0.29, 0.717) is 25.7 Å². The number of carbonyl (C=O) groups is 2. The fourth-order valence-electron chi connectivity index (χ4n) is 0.941. The molecule has 0 aliphatic carbocycles. The van der Waals surface area contributed by atoms with Crippen LogP contribution in [0.1, 0.15) is 32.1 Å². The molecule has 5 heteroatoms. The number of unbranched alkanes of at least 4 members (excludes halogenated alkanes) is 2. The van der Waals surface area contributed by atoms with Crippen LogP contribution in [0, 0.1) is 0 Å². The molecule has 5 nitrogen and oxygen atoms in total. The zero-order chi connectivity index (χ0) is 10.3. The van der Waals surface area contributed by atoms with Crippen molar-refractivity contribution in [3.8, 4) is 0 Å². The average Bonchev–Trinajstić information content (AvgIpc) is 2.02. The Labute approximate surface area is 76.5 Å². The predicted molar refractivity (Wildman–Crippen MR) is 46.3 cm³/mol. The topological polar surface area (TPSA) is 101 Å². The van der Waals surface area contributed by atoms with Crippen molar-refractivity contribution in [3.05, 3.63) is 0 Å². The van der Waals surface area contributed by atoms with Crippen molar-refractivity contribution >= 4 is 11.9 Å². The maximum Gasteiger partial charge on any atom is 0.320 e. The molecule has 13 heavy (non-hydrogen) atoms. The van der Waals surface area contributed by atoms with Gasteiger partial charge in [0.15, 0.2) is 0 Å². The van der Waals surface area contributed by atoms with Crippen molar-refractivity contribution in [3.63, 3.8) is 0 Å². The molecule has 0 aliphatic rings. The Morgan fingerprint density at radius 3 is 2.23 bits per heavy atom. The molecule has 0 saturated carbocycles. The summed E-state index contributed by atoms with van der Waals surface area (Å²) in [7, 11) is 0. The molecule has 1 atom stereocenters. The highest BCUT2D eigenvalue weighted by Crippen LogP contribution is 2.04. The maximum absolute atomic E-state index is 10.3. The van der Waals surface area contributed by atoms with Gasteiger partial charge in [-0.05, 0) is 12.8 Å². The maximum atomic E-state index is 10.3. The molecule has 76 valence electrons. The lowest BCUT2D eigenvalue weighted by Crippen LogP contribution is -2.29. The SMILES string of the molecule is N[C@H](CCCCCC(=O)O)C(=O)O. The number of carboxylic acids is 2. The molecular formula is C8H15NO4. The molecule has 0 aromatic rings. The first-order valence-electron chi connectivity index (χ1n) is 4.24. The van der Waals surface area contributed by atoms with Crippen LogP contribution in [-0.4, -0.2) is 28.2 Å². The lowest BCUT2D eigenvalue weighted by Gasteiger charge is -2.04. The van der Waals surface area contributed by atoms with Crippen LogP contribution in [0.15, 0.2) is 0 Å². The molecule has 0 bridgehead atoms. The Bertz CT molecular complexity index is 181. The van der Waals surface area contributed by atoms with Gasteiger partial charge in [0.1, 0.15) is 6.04 Å². The van der Waals surface area contributed by atoms with Crippen molar-refractivity contribution in [2.75, 3.05) is 0 Å². The first kappa shape index (κ1) is 11.9. The van der Waals surface area contributed by atoms with Gasteiger partial charge in [-0.25, -0.2) is 0 Å². The minimum Gasteiger partial charge on any atom is -0.481 e. The molecule has 0 unspecified atom stereocenters. The zero-order valence-electron chi connectivity index (χ0n) is 7.40. The van der Waals surface area contributed by atoms with E-state index in [0.717, 1.165) is 0 Å². The normalized spacial score (nSPS) is 12.4. The molecule has 0 saturated heterocycles. The number of hydrogen-bond donors (Lipinski definition) is 3. The van der Waals surface area contributed by atoms with Crippen molar-refractivity contribution in [1.29, 1.82) is 0 Å². The third kappa shape index (κ3) is 7.27. The second-order valence-electron chi connectivity index (χ2n) is 2.94. The lowest BCUT2D eigenvalue weighted by molar-refractivity contribution is -0.139. The van der Waals surface area contributed by atoms with Crippen LogP contribution in [0.3, 0.4) is 0 Å². The Kier molecular flexibility index (Phi) is 5.88. The second-order valence-corrected chi connectivity index (χ2v) is 2.94. The van der Waals surface area contributed by atoms with Crippen LogP contribution in [0.25, 0.3) is 0 Å². The Morgan fingerprint density at radius 1 is 1.15 bits per heavy atom. The van der Waals surface area contributed by atoms with Gasteiger partial charge in [-0.15, -0.1) is 0 Å². The number of rotatable bonds is 7. The van der Waals surface area contributed by atoms with Crippen LogP contribution in [0.2, 0.25) is 0 Å². The molecule has 0 aliphatic heterocycles. The smallest absolute Gasteiger partial charge is 0.320 e. The molecule has 0 aromatic carbocycles. The van der Waals surface area contributed by atoms with Gasteiger partial charge in [-0.1, -0.05) is 12.8 Å². The van der Waals surface area contributed by atoms with Crippen molar-refractivity contribution in [2.45, 2.75) is 38.1 Å². The number of carboxylic acid groups (broad SMARTS) is 2. The highest BCUT2D eigenvalue weighted by atomic mass is 16.4. The molecule has 0 aromatic heterocycles. The fraction of sp³-hybridized carbons (Fsp3) is 0.750. The minimum atomic E-state index is -1.00. The summed E-state index contributed by atoms with van der Waals surface area (Å²) in [6.45, 7) is 0. The van der Waals surface area contributed by atoms with E-state index in [9.17, 15) is 9.59 Å². The van der Waals surface area contributed by atoms with E-state index in [1.54, 1.807) is 0 Å². The van der Waals surface area contributed by atoms with E-state index < -0.39 is 18.0 Å². The van der Waals surface area contributed by atoms with Crippen LogP contribution in [-0.2, 0) is 9.59 Å². The van der Waals surface area contributed by atoms with Crippen LogP contribution in [0.4, 0.5) is 0 Å². The summed E-state index contributed by atoms with van der Waals surface area (Å²) in [4.78, 5) is 20.3. The number of nitrogens with two attached hydrogens (primary N) is 1. The number of aliphatic carboxylic acids is 2. The average molecular weight is 189 g/mol. The summed E-state index contributed by atoms with van der Waals surface area (Å²) in [6, 6.07) is -0.815. The summed E-state index contributed by atoms with van der Waals surface area (Å²) in [6.07, 6.45) is 2.52. The van der Waals surface area contributed by atoms with Gasteiger partial charge in [-0.2, -0.15) is 0 Å². The van der Waals surface area contributed by atoms with Gasteiger partial charge in [0.05, 0.1) is 0 Å². The quantitative estimate of drug-likeness (QED) is 0.504. The summed E-state index contributed by atoms with van der Waals surface area (Å²) in [5, 5.41) is 16.7. The summed E-state index contributed by atoms with van der Waals surface area (Å²) in [5.74, 6) is -1.82. The Hall–Kier alpha value is -1.10. The van der Waals surface area contributed by atoms with Gasteiger partial charge < -0.3 is 15.9 Å². The van der Waals surface area contributed by atoms with Gasteiger partial charge in [-0.3, -0.25) is 9.59 Å². The van der Waals surface area contributed by atoms with Crippen molar-refractivity contribution < 1.29 is 19.8 Å². The monoisotopic (exact) mass is 189 g/mol. The molecule has 0 fully saturated rings. The van der Waals surface area contributed by atoms with Gasteiger partial charge >= 0.3 is 11.9 Å². The standard InChI is InChI=1S/C8H15NO4/c9-6(8(12)13)4-2-1-3-5-7(10)11/h6H,1-5,9H2,(H,10,11)(H,12,13)/t6-/m1/s1. The molecule has 0 radical (unpaired) electrons. The van der Waals surface area contributed by atoms with Crippen LogP contribution in [0.5, 0.6) is 0 Å². The second kappa shape index (κ2) is 6.42. The lowest BCUT2D eigenvalue weighted by atomic mass is 10.1.